The van der Waals surface area contributed by atoms with Gasteiger partial charge in [0.1, 0.15) is 0 Å². The molecule has 1 N–H and O–H groups in total. The minimum Gasteiger partial charge on any atom is -0.356 e. The van der Waals surface area contributed by atoms with Crippen LogP contribution in [0.2, 0.25) is 4.34 Å². The van der Waals surface area contributed by atoms with Gasteiger partial charge in [-0.25, -0.2) is 0 Å². The SMILES string of the molecule is CCCCCCNC(=O)C1CCCN(C(=O)CCc2ccc(Cl)s2)C1. The van der Waals surface area contributed by atoms with Gasteiger partial charge >= 0.3 is 0 Å². The van der Waals surface area contributed by atoms with Crippen molar-refractivity contribution >= 4 is 34.8 Å². The summed E-state index contributed by atoms with van der Waals surface area (Å²) >= 11 is 7.45. The van der Waals surface area contributed by atoms with Gasteiger partial charge in [-0.2, -0.15) is 0 Å². The van der Waals surface area contributed by atoms with Gasteiger partial charge in [-0.3, -0.25) is 9.59 Å². The summed E-state index contributed by atoms with van der Waals surface area (Å²) in [6.45, 7) is 4.26. The van der Waals surface area contributed by atoms with Crippen molar-refractivity contribution in [1.29, 1.82) is 0 Å². The number of thiophene rings is 1. The molecule has 0 radical (unpaired) electrons. The van der Waals surface area contributed by atoms with E-state index in [1.807, 2.05) is 17.0 Å². The van der Waals surface area contributed by atoms with Crippen LogP contribution in [0.25, 0.3) is 0 Å². The van der Waals surface area contributed by atoms with Crippen molar-refractivity contribution in [3.8, 4) is 0 Å². The van der Waals surface area contributed by atoms with E-state index in [0.29, 0.717) is 13.0 Å². The lowest BCUT2D eigenvalue weighted by molar-refractivity contribution is -0.135. The first kappa shape index (κ1) is 20.2. The fraction of sp³-hybridized carbons (Fsp3) is 0.684. The molecule has 2 rings (SSSR count). The number of hydrogen-bond acceptors (Lipinski definition) is 3. The Morgan fingerprint density at radius 3 is 2.88 bits per heavy atom. The summed E-state index contributed by atoms with van der Waals surface area (Å²) in [4.78, 5) is 27.8. The molecule has 6 heteroatoms. The van der Waals surface area contributed by atoms with Gasteiger partial charge in [-0.15, -0.1) is 11.3 Å². The van der Waals surface area contributed by atoms with Gasteiger partial charge in [0.2, 0.25) is 11.8 Å². The van der Waals surface area contributed by atoms with E-state index in [1.54, 1.807) is 0 Å². The Morgan fingerprint density at radius 2 is 2.16 bits per heavy atom. The van der Waals surface area contributed by atoms with Gasteiger partial charge in [0.15, 0.2) is 0 Å². The zero-order chi connectivity index (χ0) is 18.1. The summed E-state index contributed by atoms with van der Waals surface area (Å²) in [5, 5.41) is 3.04. The average Bonchev–Trinajstić information content (AvgIpc) is 3.04. The topological polar surface area (TPSA) is 49.4 Å². The second-order valence-corrected chi connectivity index (χ2v) is 8.54. The highest BCUT2D eigenvalue weighted by Crippen LogP contribution is 2.23. The number of unbranched alkanes of at least 4 members (excludes halogenated alkanes) is 3. The highest BCUT2D eigenvalue weighted by Gasteiger charge is 2.27. The van der Waals surface area contributed by atoms with Crippen molar-refractivity contribution < 1.29 is 9.59 Å². The Hall–Kier alpha value is -1.07. The number of halogens is 1. The predicted molar refractivity (Wildman–Crippen MR) is 104 cm³/mol. The van der Waals surface area contributed by atoms with Gasteiger partial charge in [0.25, 0.3) is 0 Å². The first-order chi connectivity index (χ1) is 12.1. The molecule has 1 aromatic rings. The summed E-state index contributed by atoms with van der Waals surface area (Å²) in [6, 6.07) is 3.85. The van der Waals surface area contributed by atoms with Crippen LogP contribution in [0.1, 0.15) is 56.7 Å². The maximum absolute atomic E-state index is 12.4. The van der Waals surface area contributed by atoms with Crippen LogP contribution in [-0.4, -0.2) is 36.3 Å². The monoisotopic (exact) mass is 384 g/mol. The lowest BCUT2D eigenvalue weighted by atomic mass is 9.96. The Kier molecular flexibility index (Phi) is 8.76. The molecule has 1 atom stereocenters. The predicted octanol–water partition coefficient (Wildman–Crippen LogP) is 4.27. The molecule has 0 aromatic carbocycles. The molecule has 2 amide bonds. The van der Waals surface area contributed by atoms with Crippen LogP contribution in [0.5, 0.6) is 0 Å². The fourth-order valence-electron chi connectivity index (χ4n) is 3.20. The molecule has 1 aromatic heterocycles. The lowest BCUT2D eigenvalue weighted by Crippen LogP contribution is -2.45. The number of piperidine rings is 1. The normalized spacial score (nSPS) is 17.5. The smallest absolute Gasteiger partial charge is 0.224 e. The van der Waals surface area contributed by atoms with Gasteiger partial charge in [0, 0.05) is 30.9 Å². The van der Waals surface area contributed by atoms with E-state index in [4.69, 9.17) is 11.6 Å². The van der Waals surface area contributed by atoms with Crippen molar-refractivity contribution in [3.05, 3.63) is 21.3 Å². The quantitative estimate of drug-likeness (QED) is 0.646. The van der Waals surface area contributed by atoms with E-state index >= 15 is 0 Å². The third kappa shape index (κ3) is 6.98. The number of nitrogens with zero attached hydrogens (tertiary/aromatic N) is 1. The number of carbonyl (C=O) groups is 2. The van der Waals surface area contributed by atoms with Crippen LogP contribution in [0, 0.1) is 5.92 Å². The van der Waals surface area contributed by atoms with E-state index in [9.17, 15) is 9.59 Å². The number of carbonyl (C=O) groups excluding carboxylic acids is 2. The van der Waals surface area contributed by atoms with Crippen molar-refractivity contribution in [1.82, 2.24) is 10.2 Å². The van der Waals surface area contributed by atoms with Crippen molar-refractivity contribution in [2.75, 3.05) is 19.6 Å². The number of likely N-dealkylation sites (tertiary alicyclic amines) is 1. The van der Waals surface area contributed by atoms with E-state index < -0.39 is 0 Å². The summed E-state index contributed by atoms with van der Waals surface area (Å²) in [5.41, 5.74) is 0. The van der Waals surface area contributed by atoms with Crippen LogP contribution in [-0.2, 0) is 16.0 Å². The minimum atomic E-state index is -0.0555. The van der Waals surface area contributed by atoms with Crippen LogP contribution in [0.3, 0.4) is 0 Å². The van der Waals surface area contributed by atoms with E-state index in [2.05, 4.69) is 12.2 Å². The third-order valence-corrected chi connectivity index (χ3v) is 5.98. The second kappa shape index (κ2) is 10.8. The Labute approximate surface area is 159 Å². The molecule has 1 unspecified atom stereocenters. The molecule has 0 bridgehead atoms. The zero-order valence-corrected chi connectivity index (χ0v) is 16.6. The Morgan fingerprint density at radius 1 is 1.32 bits per heavy atom. The van der Waals surface area contributed by atoms with E-state index in [1.165, 1.54) is 30.6 Å². The van der Waals surface area contributed by atoms with Gasteiger partial charge < -0.3 is 10.2 Å². The molecule has 2 heterocycles. The molecule has 1 aliphatic heterocycles. The average molecular weight is 385 g/mol. The molecule has 0 spiro atoms. The van der Waals surface area contributed by atoms with Crippen LogP contribution in [0.4, 0.5) is 0 Å². The highest BCUT2D eigenvalue weighted by molar-refractivity contribution is 7.16. The van der Waals surface area contributed by atoms with Gasteiger partial charge in [-0.1, -0.05) is 37.8 Å². The van der Waals surface area contributed by atoms with E-state index in [0.717, 1.165) is 48.0 Å². The molecule has 25 heavy (non-hydrogen) atoms. The largest absolute Gasteiger partial charge is 0.356 e. The lowest BCUT2D eigenvalue weighted by Gasteiger charge is -2.32. The molecular weight excluding hydrogens is 356 g/mol. The van der Waals surface area contributed by atoms with Crippen molar-refractivity contribution in [2.24, 2.45) is 5.92 Å². The van der Waals surface area contributed by atoms with E-state index in [-0.39, 0.29) is 17.7 Å². The number of hydrogen-bond donors (Lipinski definition) is 1. The molecular formula is C19H29ClN2O2S. The van der Waals surface area contributed by atoms with Gasteiger partial charge in [0.05, 0.1) is 10.3 Å². The number of amides is 2. The Balaban J connectivity index is 1.71. The number of rotatable bonds is 9. The zero-order valence-electron chi connectivity index (χ0n) is 15.1. The van der Waals surface area contributed by atoms with Crippen molar-refractivity contribution in [2.45, 2.75) is 58.3 Å². The Bertz CT molecular complexity index is 561. The number of aryl methyl sites for hydroxylation is 1. The molecule has 1 saturated heterocycles. The summed E-state index contributed by atoms with van der Waals surface area (Å²) in [7, 11) is 0. The van der Waals surface area contributed by atoms with Gasteiger partial charge in [-0.05, 0) is 37.8 Å². The number of nitrogens with one attached hydrogen (secondary N) is 1. The molecule has 0 saturated carbocycles. The molecule has 1 fully saturated rings. The van der Waals surface area contributed by atoms with Crippen LogP contribution >= 0.6 is 22.9 Å². The first-order valence-corrected chi connectivity index (χ1v) is 10.6. The highest BCUT2D eigenvalue weighted by atomic mass is 35.5. The minimum absolute atomic E-state index is 0.0555. The molecule has 1 aliphatic rings. The molecule has 0 aliphatic carbocycles. The second-order valence-electron chi connectivity index (χ2n) is 6.74. The van der Waals surface area contributed by atoms with Crippen molar-refractivity contribution in [3.63, 3.8) is 0 Å². The maximum atomic E-state index is 12.4. The first-order valence-electron chi connectivity index (χ1n) is 9.40. The summed E-state index contributed by atoms with van der Waals surface area (Å²) in [6.07, 6.45) is 7.62. The molecule has 4 nitrogen and oxygen atoms in total. The maximum Gasteiger partial charge on any atom is 0.224 e. The molecule has 140 valence electrons. The fourth-order valence-corrected chi connectivity index (χ4v) is 4.29. The van der Waals surface area contributed by atoms with Crippen LogP contribution < -0.4 is 5.32 Å². The summed E-state index contributed by atoms with van der Waals surface area (Å²) in [5.74, 6) is 0.198. The standard InChI is InChI=1S/C19H29ClN2O2S/c1-2-3-4-5-12-21-19(24)15-7-6-13-22(14-15)18(23)11-9-16-8-10-17(20)25-16/h8,10,15H,2-7,9,11-14H2,1H3,(H,21,24). The summed E-state index contributed by atoms with van der Waals surface area (Å²) < 4.78 is 0.760. The third-order valence-electron chi connectivity index (χ3n) is 4.69. The van der Waals surface area contributed by atoms with Crippen LogP contribution in [0.15, 0.2) is 12.1 Å².